The third-order valence-electron chi connectivity index (χ3n) is 3.86. The maximum Gasteiger partial charge on any atom is 0.338 e. The number of amides is 1. The molecule has 25 heavy (non-hydrogen) atoms. The number of carbonyl (C=O) groups excluding carboxylic acids is 2. The summed E-state index contributed by atoms with van der Waals surface area (Å²) >= 11 is 0. The van der Waals surface area contributed by atoms with Gasteiger partial charge in [-0.2, -0.15) is 0 Å². The van der Waals surface area contributed by atoms with Crippen molar-refractivity contribution in [3.63, 3.8) is 0 Å². The Kier molecular flexibility index (Phi) is 5.90. The van der Waals surface area contributed by atoms with Crippen LogP contribution in [0, 0.1) is 6.92 Å². The van der Waals surface area contributed by atoms with Crippen LogP contribution in [0.15, 0.2) is 23.0 Å². The summed E-state index contributed by atoms with van der Waals surface area (Å²) in [4.78, 5) is 40.5. The van der Waals surface area contributed by atoms with Crippen LogP contribution in [0.25, 0.3) is 11.0 Å². The Morgan fingerprint density at radius 2 is 2.04 bits per heavy atom. The number of nitrogens with zero attached hydrogens (tertiary/aromatic N) is 2. The Hall–Kier alpha value is -2.70. The van der Waals surface area contributed by atoms with E-state index in [0.717, 1.165) is 6.42 Å². The fourth-order valence-electron chi connectivity index (χ4n) is 2.49. The van der Waals surface area contributed by atoms with Crippen molar-refractivity contribution in [2.75, 3.05) is 6.54 Å². The first kappa shape index (κ1) is 18.6. The SMILES string of the molecule is CCCNC(=O)C(C)OC(=O)c1ccc2c(c1)nc(C)c(=O)n2CC. The third kappa shape index (κ3) is 4.04. The number of hydrogen-bond acceptors (Lipinski definition) is 5. The van der Waals surface area contributed by atoms with E-state index in [4.69, 9.17) is 4.74 Å². The van der Waals surface area contributed by atoms with E-state index in [9.17, 15) is 14.4 Å². The van der Waals surface area contributed by atoms with E-state index in [1.165, 1.54) is 6.92 Å². The van der Waals surface area contributed by atoms with Gasteiger partial charge in [0.15, 0.2) is 6.10 Å². The summed E-state index contributed by atoms with van der Waals surface area (Å²) in [6.07, 6.45) is -0.0737. The number of aryl methyl sites for hydroxylation is 2. The Bertz CT molecular complexity index is 857. The van der Waals surface area contributed by atoms with Gasteiger partial charge in [0.05, 0.1) is 16.6 Å². The van der Waals surface area contributed by atoms with Crippen molar-refractivity contribution in [2.24, 2.45) is 0 Å². The minimum Gasteiger partial charge on any atom is -0.449 e. The lowest BCUT2D eigenvalue weighted by molar-refractivity contribution is -0.129. The average molecular weight is 345 g/mol. The second-order valence-corrected chi connectivity index (χ2v) is 5.79. The van der Waals surface area contributed by atoms with Crippen LogP contribution in [-0.4, -0.2) is 34.1 Å². The standard InChI is InChI=1S/C18H23N3O4/c1-5-9-19-16(22)12(4)25-18(24)13-7-8-15-14(10-13)20-11(3)17(23)21(15)6-2/h7-8,10,12H,5-6,9H2,1-4H3,(H,19,22). The van der Waals surface area contributed by atoms with E-state index < -0.39 is 12.1 Å². The third-order valence-corrected chi connectivity index (χ3v) is 3.86. The highest BCUT2D eigenvalue weighted by Crippen LogP contribution is 2.15. The second kappa shape index (κ2) is 7.92. The summed E-state index contributed by atoms with van der Waals surface area (Å²) in [7, 11) is 0. The molecule has 1 aromatic carbocycles. The van der Waals surface area contributed by atoms with Gasteiger partial charge in [0.25, 0.3) is 11.5 Å². The summed E-state index contributed by atoms with van der Waals surface area (Å²) < 4.78 is 6.81. The van der Waals surface area contributed by atoms with Crippen LogP contribution >= 0.6 is 0 Å². The molecular formula is C18H23N3O4. The quantitative estimate of drug-likeness (QED) is 0.806. The summed E-state index contributed by atoms with van der Waals surface area (Å²) in [6, 6.07) is 4.82. The molecule has 0 saturated carbocycles. The molecular weight excluding hydrogens is 322 g/mol. The number of carbonyl (C=O) groups is 2. The van der Waals surface area contributed by atoms with Crippen molar-refractivity contribution in [1.82, 2.24) is 14.9 Å². The predicted molar refractivity (Wildman–Crippen MR) is 94.6 cm³/mol. The molecule has 2 rings (SSSR count). The lowest BCUT2D eigenvalue weighted by Gasteiger charge is -2.14. The molecule has 7 nitrogen and oxygen atoms in total. The Morgan fingerprint density at radius 3 is 2.68 bits per heavy atom. The highest BCUT2D eigenvalue weighted by atomic mass is 16.5. The highest BCUT2D eigenvalue weighted by Gasteiger charge is 2.19. The first-order chi connectivity index (χ1) is 11.9. The fraction of sp³-hybridized carbons (Fsp3) is 0.444. The summed E-state index contributed by atoms with van der Waals surface area (Å²) in [5.41, 5.74) is 1.70. The van der Waals surface area contributed by atoms with Gasteiger partial charge in [-0.1, -0.05) is 6.92 Å². The molecule has 0 aliphatic rings. The summed E-state index contributed by atoms with van der Waals surface area (Å²) in [5, 5.41) is 2.68. The fourth-order valence-corrected chi connectivity index (χ4v) is 2.49. The molecule has 1 N–H and O–H groups in total. The lowest BCUT2D eigenvalue weighted by atomic mass is 10.2. The smallest absolute Gasteiger partial charge is 0.338 e. The molecule has 2 aromatic rings. The molecule has 1 amide bonds. The van der Waals surface area contributed by atoms with E-state index in [0.29, 0.717) is 29.8 Å². The van der Waals surface area contributed by atoms with Crippen LogP contribution in [0.5, 0.6) is 0 Å². The first-order valence-electron chi connectivity index (χ1n) is 8.38. The average Bonchev–Trinajstić information content (AvgIpc) is 2.60. The molecule has 0 spiro atoms. The highest BCUT2D eigenvalue weighted by molar-refractivity contribution is 5.95. The number of hydrogen-bond donors (Lipinski definition) is 1. The van der Waals surface area contributed by atoms with Gasteiger partial charge in [-0.15, -0.1) is 0 Å². The zero-order valence-corrected chi connectivity index (χ0v) is 15.0. The predicted octanol–water partition coefficient (Wildman–Crippen LogP) is 1.80. The van der Waals surface area contributed by atoms with E-state index in [2.05, 4.69) is 10.3 Å². The topological polar surface area (TPSA) is 90.3 Å². The summed E-state index contributed by atoms with van der Waals surface area (Å²) in [5.74, 6) is -0.931. The van der Waals surface area contributed by atoms with Gasteiger partial charge in [-0.25, -0.2) is 9.78 Å². The minimum absolute atomic E-state index is 0.147. The van der Waals surface area contributed by atoms with Crippen LogP contribution in [0.3, 0.4) is 0 Å². The van der Waals surface area contributed by atoms with Gasteiger partial charge in [-0.3, -0.25) is 9.59 Å². The first-order valence-corrected chi connectivity index (χ1v) is 8.38. The molecule has 1 unspecified atom stereocenters. The molecule has 0 aliphatic heterocycles. The van der Waals surface area contributed by atoms with Crippen molar-refractivity contribution in [2.45, 2.75) is 46.8 Å². The van der Waals surface area contributed by atoms with Crippen LogP contribution in [0.2, 0.25) is 0 Å². The minimum atomic E-state index is -0.881. The van der Waals surface area contributed by atoms with E-state index >= 15 is 0 Å². The van der Waals surface area contributed by atoms with Crippen molar-refractivity contribution >= 4 is 22.9 Å². The summed E-state index contributed by atoms with van der Waals surface area (Å²) in [6.45, 7) is 8.03. The largest absolute Gasteiger partial charge is 0.449 e. The zero-order valence-electron chi connectivity index (χ0n) is 15.0. The van der Waals surface area contributed by atoms with Crippen LogP contribution in [0.1, 0.15) is 43.2 Å². The number of aromatic nitrogens is 2. The van der Waals surface area contributed by atoms with Gasteiger partial charge in [0.2, 0.25) is 0 Å². The number of rotatable bonds is 6. The number of fused-ring (bicyclic) bond motifs is 1. The maximum atomic E-state index is 12.3. The van der Waals surface area contributed by atoms with E-state index in [1.807, 2.05) is 13.8 Å². The second-order valence-electron chi connectivity index (χ2n) is 5.79. The van der Waals surface area contributed by atoms with Gasteiger partial charge in [-0.05, 0) is 45.4 Å². The van der Waals surface area contributed by atoms with Gasteiger partial charge in [0.1, 0.15) is 5.69 Å². The van der Waals surface area contributed by atoms with Gasteiger partial charge in [0, 0.05) is 13.1 Å². The van der Waals surface area contributed by atoms with Gasteiger partial charge < -0.3 is 14.6 Å². The van der Waals surface area contributed by atoms with Crippen molar-refractivity contribution in [3.05, 3.63) is 39.8 Å². The number of benzene rings is 1. The molecule has 0 aliphatic carbocycles. The number of esters is 1. The molecule has 134 valence electrons. The molecule has 1 atom stereocenters. The van der Waals surface area contributed by atoms with Crippen molar-refractivity contribution in [1.29, 1.82) is 0 Å². The van der Waals surface area contributed by atoms with E-state index in [1.54, 1.807) is 29.7 Å². The molecule has 0 saturated heterocycles. The zero-order chi connectivity index (χ0) is 18.6. The van der Waals surface area contributed by atoms with Gasteiger partial charge >= 0.3 is 5.97 Å². The molecule has 0 radical (unpaired) electrons. The lowest BCUT2D eigenvalue weighted by Crippen LogP contribution is -2.36. The van der Waals surface area contributed by atoms with Crippen molar-refractivity contribution < 1.29 is 14.3 Å². The molecule has 1 heterocycles. The normalized spacial score (nSPS) is 12.0. The van der Waals surface area contributed by atoms with Crippen LogP contribution in [-0.2, 0) is 16.1 Å². The number of nitrogens with one attached hydrogen (secondary N) is 1. The maximum absolute atomic E-state index is 12.3. The van der Waals surface area contributed by atoms with Crippen LogP contribution < -0.4 is 10.9 Å². The molecule has 1 aromatic heterocycles. The Balaban J connectivity index is 2.26. The van der Waals surface area contributed by atoms with Crippen molar-refractivity contribution in [3.8, 4) is 0 Å². The Labute approximate surface area is 146 Å². The molecule has 7 heteroatoms. The monoisotopic (exact) mass is 345 g/mol. The van der Waals surface area contributed by atoms with Crippen LogP contribution in [0.4, 0.5) is 0 Å². The molecule has 0 fully saturated rings. The number of ether oxygens (including phenoxy) is 1. The Morgan fingerprint density at radius 1 is 1.32 bits per heavy atom. The van der Waals surface area contributed by atoms with E-state index in [-0.39, 0.29) is 17.0 Å². The molecule has 0 bridgehead atoms.